The van der Waals surface area contributed by atoms with Crippen LogP contribution < -0.4 is 10.5 Å². The zero-order valence-electron chi connectivity index (χ0n) is 9.50. The van der Waals surface area contributed by atoms with E-state index in [-0.39, 0.29) is 30.6 Å². The smallest absolute Gasteiger partial charge is 0.165 e. The summed E-state index contributed by atoms with van der Waals surface area (Å²) in [5.41, 5.74) is 5.59. The monoisotopic (exact) mass is 225 g/mol. The van der Waals surface area contributed by atoms with Crippen LogP contribution in [0.25, 0.3) is 0 Å². The fourth-order valence-corrected chi connectivity index (χ4v) is 1.30. The molecule has 0 aliphatic rings. The first-order chi connectivity index (χ1) is 7.54. The average molecular weight is 225 g/mol. The molecule has 0 fully saturated rings. The fourth-order valence-electron chi connectivity index (χ4n) is 1.30. The minimum atomic E-state index is -0.517. The average Bonchev–Trinajstić information content (AvgIpc) is 2.20. The quantitative estimate of drug-likeness (QED) is 0.781. The lowest BCUT2D eigenvalue weighted by Crippen LogP contribution is -2.10. The molecule has 0 aliphatic carbocycles. The summed E-state index contributed by atoms with van der Waals surface area (Å²) < 4.78 is 18.7. The second kappa shape index (κ2) is 5.61. The Kier molecular flexibility index (Phi) is 4.43. The van der Waals surface area contributed by atoms with E-state index < -0.39 is 5.82 Å². The van der Waals surface area contributed by atoms with Crippen LogP contribution in [0.5, 0.6) is 5.75 Å². The summed E-state index contributed by atoms with van der Waals surface area (Å²) in [6.45, 7) is 3.89. The molecule has 88 valence electrons. The molecule has 0 saturated heterocycles. The predicted octanol–water partition coefficient (Wildman–Crippen LogP) is 2.14. The van der Waals surface area contributed by atoms with Crippen molar-refractivity contribution in [3.8, 4) is 5.75 Å². The van der Waals surface area contributed by atoms with E-state index in [2.05, 4.69) is 0 Å². The van der Waals surface area contributed by atoms with Gasteiger partial charge < -0.3 is 10.5 Å². The van der Waals surface area contributed by atoms with Gasteiger partial charge in [0.15, 0.2) is 17.3 Å². The van der Waals surface area contributed by atoms with Gasteiger partial charge >= 0.3 is 0 Å². The van der Waals surface area contributed by atoms with Crippen molar-refractivity contribution in [3.63, 3.8) is 0 Å². The van der Waals surface area contributed by atoms with Gasteiger partial charge in [-0.1, -0.05) is 0 Å². The van der Waals surface area contributed by atoms with E-state index in [0.717, 1.165) is 0 Å². The standard InChI is InChI=1S/C12H16FNO2/c1-8(2)16-12-4-3-9(7-10(12)13)11(15)5-6-14/h3-4,7-8H,5-6,14H2,1-2H3. The molecule has 0 bridgehead atoms. The third-order valence-electron chi connectivity index (χ3n) is 1.99. The molecule has 0 aromatic heterocycles. The first kappa shape index (κ1) is 12.6. The van der Waals surface area contributed by atoms with Crippen molar-refractivity contribution in [2.45, 2.75) is 26.4 Å². The maximum absolute atomic E-state index is 13.5. The number of rotatable bonds is 5. The highest BCUT2D eigenvalue weighted by molar-refractivity contribution is 5.96. The second-order valence-corrected chi connectivity index (χ2v) is 3.77. The number of hydrogen-bond acceptors (Lipinski definition) is 3. The van der Waals surface area contributed by atoms with E-state index in [9.17, 15) is 9.18 Å². The third-order valence-corrected chi connectivity index (χ3v) is 1.99. The summed E-state index contributed by atoms with van der Waals surface area (Å²) in [6.07, 6.45) is 0.129. The third kappa shape index (κ3) is 3.31. The molecule has 0 unspecified atom stereocenters. The molecule has 2 N–H and O–H groups in total. The molecule has 4 heteroatoms. The minimum Gasteiger partial charge on any atom is -0.488 e. The molecule has 1 rings (SSSR count). The van der Waals surface area contributed by atoms with E-state index in [0.29, 0.717) is 5.56 Å². The number of benzene rings is 1. The molecule has 0 heterocycles. The molecule has 16 heavy (non-hydrogen) atoms. The maximum atomic E-state index is 13.5. The summed E-state index contributed by atoms with van der Waals surface area (Å²) in [4.78, 5) is 11.4. The van der Waals surface area contributed by atoms with Gasteiger partial charge in [0, 0.05) is 12.0 Å². The van der Waals surface area contributed by atoms with Crippen molar-refractivity contribution >= 4 is 5.78 Å². The molecule has 0 radical (unpaired) electrons. The SMILES string of the molecule is CC(C)Oc1ccc(C(=O)CCN)cc1F. The van der Waals surface area contributed by atoms with Gasteiger partial charge in [0.25, 0.3) is 0 Å². The highest BCUT2D eigenvalue weighted by Crippen LogP contribution is 2.20. The van der Waals surface area contributed by atoms with Crippen LogP contribution >= 0.6 is 0 Å². The van der Waals surface area contributed by atoms with Crippen LogP contribution in [0.1, 0.15) is 30.6 Å². The van der Waals surface area contributed by atoms with Crippen molar-refractivity contribution in [1.29, 1.82) is 0 Å². The summed E-state index contributed by atoms with van der Waals surface area (Å²) >= 11 is 0. The molecule has 1 aromatic rings. The number of halogens is 1. The van der Waals surface area contributed by atoms with Gasteiger partial charge in [0.2, 0.25) is 0 Å². The molecule has 0 atom stereocenters. The molecule has 0 amide bonds. The van der Waals surface area contributed by atoms with Crippen LogP contribution in [0.2, 0.25) is 0 Å². The molecule has 0 saturated carbocycles. The van der Waals surface area contributed by atoms with E-state index >= 15 is 0 Å². The van der Waals surface area contributed by atoms with E-state index in [1.165, 1.54) is 12.1 Å². The zero-order valence-corrected chi connectivity index (χ0v) is 9.50. The van der Waals surface area contributed by atoms with Crippen molar-refractivity contribution in [3.05, 3.63) is 29.6 Å². The van der Waals surface area contributed by atoms with E-state index in [1.54, 1.807) is 6.07 Å². The van der Waals surface area contributed by atoms with Crippen LogP contribution in [0.15, 0.2) is 18.2 Å². The highest BCUT2D eigenvalue weighted by Gasteiger charge is 2.10. The number of nitrogens with two attached hydrogens (primary N) is 1. The number of Topliss-reactive ketones (excluding diaryl/α,β-unsaturated/α-hetero) is 1. The first-order valence-electron chi connectivity index (χ1n) is 5.24. The van der Waals surface area contributed by atoms with Crippen molar-refractivity contribution in [2.24, 2.45) is 5.73 Å². The number of carbonyl (C=O) groups is 1. The Bertz CT molecular complexity index is 377. The van der Waals surface area contributed by atoms with Gasteiger partial charge in [-0.25, -0.2) is 4.39 Å². The van der Waals surface area contributed by atoms with Crippen molar-refractivity contribution in [1.82, 2.24) is 0 Å². The Morgan fingerprint density at radius 1 is 1.50 bits per heavy atom. The van der Waals surface area contributed by atoms with Crippen molar-refractivity contribution in [2.75, 3.05) is 6.54 Å². The molecule has 0 spiro atoms. The number of hydrogen-bond donors (Lipinski definition) is 1. The van der Waals surface area contributed by atoms with Crippen LogP contribution in [0, 0.1) is 5.82 Å². The van der Waals surface area contributed by atoms with Gasteiger partial charge in [-0.2, -0.15) is 0 Å². The van der Waals surface area contributed by atoms with Crippen LogP contribution in [-0.2, 0) is 0 Å². The van der Waals surface area contributed by atoms with Gasteiger partial charge in [0.1, 0.15) is 0 Å². The maximum Gasteiger partial charge on any atom is 0.165 e. The van der Waals surface area contributed by atoms with E-state index in [1.807, 2.05) is 13.8 Å². The minimum absolute atomic E-state index is 0.0971. The Labute approximate surface area is 94.4 Å². The van der Waals surface area contributed by atoms with Crippen molar-refractivity contribution < 1.29 is 13.9 Å². The van der Waals surface area contributed by atoms with Crippen LogP contribution in [0.4, 0.5) is 4.39 Å². The summed E-state index contributed by atoms with van der Waals surface area (Å²) in [5, 5.41) is 0. The largest absolute Gasteiger partial charge is 0.488 e. The van der Waals surface area contributed by atoms with E-state index in [4.69, 9.17) is 10.5 Å². The lowest BCUT2D eigenvalue weighted by atomic mass is 10.1. The highest BCUT2D eigenvalue weighted by atomic mass is 19.1. The summed E-state index contributed by atoms with van der Waals surface area (Å²) in [6, 6.07) is 4.22. The number of carbonyl (C=O) groups excluding carboxylic acids is 1. The Hall–Kier alpha value is -1.42. The molecular formula is C12H16FNO2. The van der Waals surface area contributed by atoms with Crippen LogP contribution in [-0.4, -0.2) is 18.4 Å². The lowest BCUT2D eigenvalue weighted by molar-refractivity contribution is 0.0985. The predicted molar refractivity (Wildman–Crippen MR) is 60.2 cm³/mol. The second-order valence-electron chi connectivity index (χ2n) is 3.77. The topological polar surface area (TPSA) is 52.3 Å². The van der Waals surface area contributed by atoms with Crippen LogP contribution in [0.3, 0.4) is 0 Å². The molecule has 1 aromatic carbocycles. The summed E-state index contributed by atoms with van der Waals surface area (Å²) in [5.74, 6) is -0.506. The van der Waals surface area contributed by atoms with Gasteiger partial charge in [-0.15, -0.1) is 0 Å². The molecule has 3 nitrogen and oxygen atoms in total. The van der Waals surface area contributed by atoms with Gasteiger partial charge in [-0.05, 0) is 38.6 Å². The Balaban J connectivity index is 2.86. The van der Waals surface area contributed by atoms with Gasteiger partial charge in [0.05, 0.1) is 6.10 Å². The summed E-state index contributed by atoms with van der Waals surface area (Å²) in [7, 11) is 0. The van der Waals surface area contributed by atoms with Gasteiger partial charge in [-0.3, -0.25) is 4.79 Å². The fraction of sp³-hybridized carbons (Fsp3) is 0.417. The molecular weight excluding hydrogens is 209 g/mol. The zero-order chi connectivity index (χ0) is 12.1. The normalized spacial score (nSPS) is 10.6. The Morgan fingerprint density at radius 3 is 2.69 bits per heavy atom. The lowest BCUT2D eigenvalue weighted by Gasteiger charge is -2.11. The number of ether oxygens (including phenoxy) is 1. The first-order valence-corrected chi connectivity index (χ1v) is 5.24. The molecule has 0 aliphatic heterocycles. The number of ketones is 1. The Morgan fingerprint density at radius 2 is 2.19 bits per heavy atom.